The maximum Gasteiger partial charge on any atom is 0.338 e. The molecule has 0 aliphatic carbocycles. The summed E-state index contributed by atoms with van der Waals surface area (Å²) < 4.78 is 5.00. The van der Waals surface area contributed by atoms with Gasteiger partial charge in [-0.15, -0.1) is 11.3 Å². The van der Waals surface area contributed by atoms with Crippen LogP contribution in [0, 0.1) is 0 Å². The monoisotopic (exact) mass is 317 g/mol. The highest BCUT2D eigenvalue weighted by molar-refractivity contribution is 7.09. The maximum atomic E-state index is 11.8. The van der Waals surface area contributed by atoms with Crippen molar-refractivity contribution in [3.63, 3.8) is 0 Å². The molecule has 1 aromatic heterocycles. The molecule has 0 aliphatic heterocycles. The fraction of sp³-hybridized carbons (Fsp3) is 0.294. The SMILES string of the molecule is CCc1ccc(C(=O)OCC(=O)NCCc2cccs2)cc1. The van der Waals surface area contributed by atoms with Gasteiger partial charge in [0.15, 0.2) is 6.61 Å². The van der Waals surface area contributed by atoms with Crippen molar-refractivity contribution in [1.29, 1.82) is 0 Å². The van der Waals surface area contributed by atoms with E-state index in [0.717, 1.165) is 18.4 Å². The normalized spacial score (nSPS) is 10.2. The Morgan fingerprint density at radius 1 is 1.18 bits per heavy atom. The summed E-state index contributed by atoms with van der Waals surface area (Å²) in [5.41, 5.74) is 1.62. The van der Waals surface area contributed by atoms with Crippen molar-refractivity contribution < 1.29 is 14.3 Å². The molecule has 0 unspecified atom stereocenters. The Kier molecular flexibility index (Phi) is 6.15. The molecule has 0 atom stereocenters. The highest BCUT2D eigenvalue weighted by Gasteiger charge is 2.09. The van der Waals surface area contributed by atoms with Crippen LogP contribution in [0.4, 0.5) is 0 Å². The van der Waals surface area contributed by atoms with E-state index < -0.39 is 5.97 Å². The number of hydrogen-bond acceptors (Lipinski definition) is 4. The lowest BCUT2D eigenvalue weighted by molar-refractivity contribution is -0.124. The predicted molar refractivity (Wildman–Crippen MR) is 87.1 cm³/mol. The van der Waals surface area contributed by atoms with E-state index in [9.17, 15) is 9.59 Å². The Morgan fingerprint density at radius 3 is 2.59 bits per heavy atom. The van der Waals surface area contributed by atoms with Crippen molar-refractivity contribution in [2.45, 2.75) is 19.8 Å². The van der Waals surface area contributed by atoms with Crippen LogP contribution in [0.5, 0.6) is 0 Å². The van der Waals surface area contributed by atoms with Crippen LogP contribution in [0.25, 0.3) is 0 Å². The topological polar surface area (TPSA) is 55.4 Å². The minimum Gasteiger partial charge on any atom is -0.452 e. The molecule has 0 aliphatic rings. The number of nitrogens with one attached hydrogen (secondary N) is 1. The van der Waals surface area contributed by atoms with E-state index in [4.69, 9.17) is 4.74 Å². The number of aryl methyl sites for hydroxylation is 1. The van der Waals surface area contributed by atoms with E-state index >= 15 is 0 Å². The van der Waals surface area contributed by atoms with Crippen molar-refractivity contribution in [3.8, 4) is 0 Å². The van der Waals surface area contributed by atoms with Gasteiger partial charge in [-0.25, -0.2) is 4.79 Å². The van der Waals surface area contributed by atoms with Crippen molar-refractivity contribution in [2.75, 3.05) is 13.2 Å². The van der Waals surface area contributed by atoms with E-state index in [1.165, 1.54) is 4.88 Å². The van der Waals surface area contributed by atoms with Crippen LogP contribution in [0.1, 0.15) is 27.7 Å². The summed E-state index contributed by atoms with van der Waals surface area (Å²) in [6.07, 6.45) is 1.71. The molecule has 4 nitrogen and oxygen atoms in total. The van der Waals surface area contributed by atoms with Gasteiger partial charge in [0.05, 0.1) is 5.56 Å². The molecule has 0 fully saturated rings. The molecule has 1 heterocycles. The number of esters is 1. The van der Waals surface area contributed by atoms with Crippen LogP contribution in [0.2, 0.25) is 0 Å². The molecule has 1 amide bonds. The first-order chi connectivity index (χ1) is 10.7. The summed E-state index contributed by atoms with van der Waals surface area (Å²) in [5, 5.41) is 4.74. The number of ether oxygens (including phenoxy) is 1. The summed E-state index contributed by atoms with van der Waals surface area (Å²) in [6.45, 7) is 2.34. The largest absolute Gasteiger partial charge is 0.452 e. The van der Waals surface area contributed by atoms with E-state index in [2.05, 4.69) is 5.32 Å². The molecule has 22 heavy (non-hydrogen) atoms. The molecule has 5 heteroatoms. The molecule has 0 radical (unpaired) electrons. The molecule has 0 saturated heterocycles. The average molecular weight is 317 g/mol. The molecular formula is C17H19NO3S. The molecular weight excluding hydrogens is 298 g/mol. The first kappa shape index (κ1) is 16.2. The summed E-state index contributed by atoms with van der Waals surface area (Å²) >= 11 is 1.66. The summed E-state index contributed by atoms with van der Waals surface area (Å²) in [4.78, 5) is 24.6. The van der Waals surface area contributed by atoms with Gasteiger partial charge in [0.25, 0.3) is 5.91 Å². The van der Waals surface area contributed by atoms with E-state index in [1.54, 1.807) is 23.5 Å². The van der Waals surface area contributed by atoms with Crippen molar-refractivity contribution in [2.24, 2.45) is 0 Å². The number of rotatable bonds is 7. The van der Waals surface area contributed by atoms with Gasteiger partial charge in [-0.2, -0.15) is 0 Å². The van der Waals surface area contributed by atoms with Gasteiger partial charge in [0.2, 0.25) is 0 Å². The third-order valence-electron chi connectivity index (χ3n) is 3.21. The van der Waals surface area contributed by atoms with Crippen LogP contribution in [0.15, 0.2) is 41.8 Å². The average Bonchev–Trinajstić information content (AvgIpc) is 3.06. The van der Waals surface area contributed by atoms with Gasteiger partial charge < -0.3 is 10.1 Å². The molecule has 2 rings (SSSR count). The van der Waals surface area contributed by atoms with E-state index in [1.807, 2.05) is 36.6 Å². The van der Waals surface area contributed by atoms with Gasteiger partial charge in [-0.3, -0.25) is 4.79 Å². The molecule has 0 spiro atoms. The molecule has 2 aromatic rings. The van der Waals surface area contributed by atoms with Crippen LogP contribution in [-0.2, 0) is 22.4 Å². The number of hydrogen-bond donors (Lipinski definition) is 1. The van der Waals surface area contributed by atoms with Gasteiger partial charge in [-0.05, 0) is 42.0 Å². The predicted octanol–water partition coefficient (Wildman–Crippen LogP) is 2.83. The lowest BCUT2D eigenvalue weighted by atomic mass is 10.1. The first-order valence-corrected chi connectivity index (χ1v) is 8.12. The lowest BCUT2D eigenvalue weighted by Crippen LogP contribution is -2.30. The lowest BCUT2D eigenvalue weighted by Gasteiger charge is -2.06. The third kappa shape index (κ3) is 5.00. The number of benzene rings is 1. The van der Waals surface area contributed by atoms with Gasteiger partial charge in [0.1, 0.15) is 0 Å². The summed E-state index contributed by atoms with van der Waals surface area (Å²) in [7, 11) is 0. The minimum absolute atomic E-state index is 0.251. The minimum atomic E-state index is -0.476. The fourth-order valence-corrected chi connectivity index (χ4v) is 2.63. The van der Waals surface area contributed by atoms with Crippen LogP contribution in [0.3, 0.4) is 0 Å². The molecule has 1 N–H and O–H groups in total. The first-order valence-electron chi connectivity index (χ1n) is 7.24. The van der Waals surface area contributed by atoms with Crippen molar-refractivity contribution in [3.05, 3.63) is 57.8 Å². The third-order valence-corrected chi connectivity index (χ3v) is 4.14. The van der Waals surface area contributed by atoms with Crippen molar-refractivity contribution >= 4 is 23.2 Å². The second kappa shape index (κ2) is 8.34. The van der Waals surface area contributed by atoms with Crippen molar-refractivity contribution in [1.82, 2.24) is 5.32 Å². The highest BCUT2D eigenvalue weighted by atomic mass is 32.1. The molecule has 0 saturated carbocycles. The van der Waals surface area contributed by atoms with Crippen LogP contribution < -0.4 is 5.32 Å². The van der Waals surface area contributed by atoms with Gasteiger partial charge in [0, 0.05) is 11.4 Å². The van der Waals surface area contributed by atoms with E-state index in [0.29, 0.717) is 12.1 Å². The smallest absolute Gasteiger partial charge is 0.338 e. The molecule has 116 valence electrons. The quantitative estimate of drug-likeness (QED) is 0.799. The van der Waals surface area contributed by atoms with Gasteiger partial charge >= 0.3 is 5.97 Å². The Balaban J connectivity index is 1.69. The highest BCUT2D eigenvalue weighted by Crippen LogP contribution is 2.08. The zero-order chi connectivity index (χ0) is 15.8. The fourth-order valence-electron chi connectivity index (χ4n) is 1.92. The van der Waals surface area contributed by atoms with Gasteiger partial charge in [-0.1, -0.05) is 25.1 Å². The Labute approximate surface area is 134 Å². The Hall–Kier alpha value is -2.14. The Bertz CT molecular complexity index is 605. The number of carbonyl (C=O) groups is 2. The maximum absolute atomic E-state index is 11.8. The van der Waals surface area contributed by atoms with E-state index in [-0.39, 0.29) is 12.5 Å². The number of carbonyl (C=O) groups excluding carboxylic acids is 2. The summed E-state index contributed by atoms with van der Waals surface area (Å²) in [5.74, 6) is -0.758. The zero-order valence-corrected chi connectivity index (χ0v) is 13.3. The number of amides is 1. The van der Waals surface area contributed by atoms with Crippen LogP contribution in [-0.4, -0.2) is 25.0 Å². The molecule has 1 aromatic carbocycles. The second-order valence-corrected chi connectivity index (χ2v) is 5.84. The second-order valence-electron chi connectivity index (χ2n) is 4.81. The molecule has 0 bridgehead atoms. The van der Waals surface area contributed by atoms with Crippen LogP contribution >= 0.6 is 11.3 Å². The number of thiophene rings is 1. The standard InChI is InChI=1S/C17H19NO3S/c1-2-13-5-7-14(8-6-13)17(20)21-12-16(19)18-10-9-15-4-3-11-22-15/h3-8,11H,2,9-10,12H2,1H3,(H,18,19). The zero-order valence-electron chi connectivity index (χ0n) is 12.5. The Morgan fingerprint density at radius 2 is 1.95 bits per heavy atom. The summed E-state index contributed by atoms with van der Waals surface area (Å²) in [6, 6.07) is 11.2.